The number of aliphatic hydroxyl groups is 2. The molecule has 37 heavy (non-hydrogen) atoms. The molecule has 11 nitrogen and oxygen atoms in total. The Morgan fingerprint density at radius 2 is 1.97 bits per heavy atom. The molecule has 0 aliphatic carbocycles. The highest BCUT2D eigenvalue weighted by Gasteiger charge is 2.27. The Bertz CT molecular complexity index is 1320. The molecule has 2 unspecified atom stereocenters. The van der Waals surface area contributed by atoms with Crippen molar-refractivity contribution in [3.8, 4) is 0 Å². The lowest BCUT2D eigenvalue weighted by Crippen LogP contribution is -2.48. The van der Waals surface area contributed by atoms with Crippen LogP contribution in [0.15, 0.2) is 36.4 Å². The molecule has 3 amide bonds. The highest BCUT2D eigenvalue weighted by Crippen LogP contribution is 2.26. The Balaban J connectivity index is 1.83. The van der Waals surface area contributed by atoms with Crippen LogP contribution in [0.3, 0.4) is 0 Å². The maximum Gasteiger partial charge on any atom is 0.269 e. The molecule has 2 aromatic carbocycles. The van der Waals surface area contributed by atoms with Crippen LogP contribution in [0.4, 0.5) is 10.1 Å². The van der Waals surface area contributed by atoms with Crippen molar-refractivity contribution in [1.82, 2.24) is 20.0 Å². The Labute approximate surface area is 216 Å². The molecule has 3 aromatic rings. The van der Waals surface area contributed by atoms with E-state index in [1.165, 1.54) is 28.9 Å². The molecular formula is C24H28ClFN6O5. The van der Waals surface area contributed by atoms with Crippen molar-refractivity contribution in [2.75, 3.05) is 25.5 Å². The van der Waals surface area contributed by atoms with Crippen molar-refractivity contribution >= 4 is 45.9 Å². The monoisotopic (exact) mass is 534 g/mol. The number of hydrogen-bond acceptors (Lipinski definition) is 7. The molecule has 2 atom stereocenters. The molecule has 1 heterocycles. The van der Waals surface area contributed by atoms with E-state index in [-0.39, 0.29) is 35.9 Å². The molecule has 0 saturated carbocycles. The number of anilines is 1. The first kappa shape index (κ1) is 27.8. The smallest absolute Gasteiger partial charge is 0.269 e. The van der Waals surface area contributed by atoms with E-state index < -0.39 is 48.8 Å². The fraction of sp³-hybridized carbons (Fsp3) is 0.333. The Kier molecular flexibility index (Phi) is 9.03. The van der Waals surface area contributed by atoms with Crippen LogP contribution >= 0.6 is 11.6 Å². The zero-order chi connectivity index (χ0) is 27.3. The molecule has 0 saturated heterocycles. The number of carbonyl (C=O) groups excluding carboxylic acids is 3. The van der Waals surface area contributed by atoms with E-state index in [1.807, 2.05) is 0 Å². The summed E-state index contributed by atoms with van der Waals surface area (Å²) in [5.74, 6) is -2.76. The number of nitrogen functional groups attached to an aromatic ring is 1. The van der Waals surface area contributed by atoms with Gasteiger partial charge in [-0.3, -0.25) is 19.1 Å². The molecular weight excluding hydrogens is 507 g/mol. The minimum atomic E-state index is -0.906. The average Bonchev–Trinajstić information content (AvgIpc) is 3.21. The summed E-state index contributed by atoms with van der Waals surface area (Å²) >= 11 is 5.85. The van der Waals surface area contributed by atoms with Gasteiger partial charge < -0.3 is 31.9 Å². The quantitative estimate of drug-likeness (QED) is 0.227. The Morgan fingerprint density at radius 1 is 1.24 bits per heavy atom. The molecule has 0 bridgehead atoms. The van der Waals surface area contributed by atoms with Gasteiger partial charge in [0.05, 0.1) is 35.8 Å². The fourth-order valence-electron chi connectivity index (χ4n) is 3.93. The number of nitrogens with zero attached hydrogens (tertiary/aromatic N) is 3. The molecule has 7 N–H and O–H groups in total. The predicted molar refractivity (Wildman–Crippen MR) is 135 cm³/mol. The van der Waals surface area contributed by atoms with Gasteiger partial charge in [0, 0.05) is 23.2 Å². The largest absolute Gasteiger partial charge is 0.399 e. The van der Waals surface area contributed by atoms with Gasteiger partial charge in [-0.25, -0.2) is 4.39 Å². The molecule has 1 aromatic heterocycles. The first-order valence-electron chi connectivity index (χ1n) is 11.4. The number of carbonyl (C=O) groups is 3. The number of rotatable bonds is 11. The molecule has 13 heteroatoms. The third-order valence-corrected chi connectivity index (χ3v) is 6.13. The summed E-state index contributed by atoms with van der Waals surface area (Å²) in [7, 11) is 0. The maximum absolute atomic E-state index is 14.5. The van der Waals surface area contributed by atoms with Crippen molar-refractivity contribution < 1.29 is 29.0 Å². The number of nitrogens with two attached hydrogens (primary N) is 2. The number of fused-ring (bicyclic) bond motifs is 1. The van der Waals surface area contributed by atoms with Crippen molar-refractivity contribution in [2.24, 2.45) is 5.73 Å². The van der Waals surface area contributed by atoms with E-state index in [0.717, 1.165) is 4.90 Å². The number of aliphatic hydroxyl groups excluding tert-OH is 2. The van der Waals surface area contributed by atoms with Crippen LogP contribution in [0.25, 0.3) is 10.9 Å². The number of nitrogens with one attached hydrogen (secondary N) is 1. The second-order valence-electron chi connectivity index (χ2n) is 8.48. The van der Waals surface area contributed by atoms with Gasteiger partial charge in [-0.15, -0.1) is 0 Å². The van der Waals surface area contributed by atoms with Crippen molar-refractivity contribution in [2.45, 2.75) is 32.0 Å². The average molecular weight is 535 g/mol. The zero-order valence-corrected chi connectivity index (χ0v) is 20.8. The normalized spacial score (nSPS) is 12.8. The molecule has 0 spiro atoms. The lowest BCUT2D eigenvalue weighted by atomic mass is 10.0. The van der Waals surface area contributed by atoms with Gasteiger partial charge in [0.15, 0.2) is 5.69 Å². The zero-order valence-electron chi connectivity index (χ0n) is 20.0. The van der Waals surface area contributed by atoms with Crippen LogP contribution in [0.1, 0.15) is 35.4 Å². The molecule has 0 aliphatic heterocycles. The third kappa shape index (κ3) is 6.34. The first-order valence-corrected chi connectivity index (χ1v) is 11.7. The van der Waals surface area contributed by atoms with Gasteiger partial charge in [0.2, 0.25) is 11.8 Å². The van der Waals surface area contributed by atoms with E-state index >= 15 is 0 Å². The summed E-state index contributed by atoms with van der Waals surface area (Å²) in [5, 5.41) is 26.1. The standard InChI is InChI=1S/C24H28ClFN6O5/c1-13(12-34)31(10-20(35)29-18(7-8-33)15-3-2-4-17(25)22(15)26)21(36)11-32-19-6-5-14(27)9-16(19)23(30-32)24(28)37/h2-6,9,13,18,33-34H,7-8,10-12,27H2,1H3,(H2,28,37)(H,29,35). The summed E-state index contributed by atoms with van der Waals surface area (Å²) in [6.45, 7) is -0.0752. The second kappa shape index (κ2) is 12.0. The van der Waals surface area contributed by atoms with Gasteiger partial charge in [-0.05, 0) is 37.6 Å². The van der Waals surface area contributed by atoms with Gasteiger partial charge in [0.1, 0.15) is 12.4 Å². The van der Waals surface area contributed by atoms with Crippen LogP contribution in [0.2, 0.25) is 5.02 Å². The summed E-state index contributed by atoms with van der Waals surface area (Å²) in [5.41, 5.74) is 12.0. The number of halogens is 2. The minimum absolute atomic E-state index is 0.00477. The number of benzene rings is 2. The van der Waals surface area contributed by atoms with E-state index in [0.29, 0.717) is 16.6 Å². The van der Waals surface area contributed by atoms with Gasteiger partial charge in [0.25, 0.3) is 5.91 Å². The number of primary amides is 1. The highest BCUT2D eigenvalue weighted by atomic mass is 35.5. The molecule has 198 valence electrons. The number of aromatic nitrogens is 2. The molecule has 0 fully saturated rings. The SMILES string of the molecule is CC(CO)N(CC(=O)NC(CCO)c1cccc(Cl)c1F)C(=O)Cn1nc(C(N)=O)c2cc(N)ccc21. The molecule has 0 aliphatic rings. The maximum atomic E-state index is 14.5. The Morgan fingerprint density at radius 3 is 2.62 bits per heavy atom. The number of hydrogen-bond donors (Lipinski definition) is 5. The van der Waals surface area contributed by atoms with Crippen molar-refractivity contribution in [3.05, 3.63) is 58.5 Å². The van der Waals surface area contributed by atoms with Crippen molar-refractivity contribution in [1.29, 1.82) is 0 Å². The van der Waals surface area contributed by atoms with Crippen LogP contribution in [0, 0.1) is 5.82 Å². The summed E-state index contributed by atoms with van der Waals surface area (Å²) < 4.78 is 15.8. The topological polar surface area (TPSA) is 177 Å². The lowest BCUT2D eigenvalue weighted by molar-refractivity contribution is -0.139. The highest BCUT2D eigenvalue weighted by molar-refractivity contribution is 6.30. The van der Waals surface area contributed by atoms with Gasteiger partial charge >= 0.3 is 0 Å². The first-order chi connectivity index (χ1) is 17.6. The van der Waals surface area contributed by atoms with Gasteiger partial charge in [-0.1, -0.05) is 23.7 Å². The van der Waals surface area contributed by atoms with E-state index in [9.17, 15) is 29.0 Å². The minimum Gasteiger partial charge on any atom is -0.399 e. The van der Waals surface area contributed by atoms with Gasteiger partial charge in [-0.2, -0.15) is 5.10 Å². The van der Waals surface area contributed by atoms with Crippen LogP contribution < -0.4 is 16.8 Å². The summed E-state index contributed by atoms with van der Waals surface area (Å²) in [6.07, 6.45) is 0.00477. The van der Waals surface area contributed by atoms with Crippen LogP contribution in [-0.4, -0.2) is 68.4 Å². The summed E-state index contributed by atoms with van der Waals surface area (Å²) in [6, 6.07) is 7.33. The van der Waals surface area contributed by atoms with E-state index in [2.05, 4.69) is 10.4 Å². The lowest BCUT2D eigenvalue weighted by Gasteiger charge is -2.29. The number of amides is 3. The van der Waals surface area contributed by atoms with E-state index in [4.69, 9.17) is 23.1 Å². The Hall–Kier alpha value is -3.74. The van der Waals surface area contributed by atoms with E-state index in [1.54, 1.807) is 19.1 Å². The third-order valence-electron chi connectivity index (χ3n) is 5.83. The fourth-order valence-corrected chi connectivity index (χ4v) is 4.11. The molecule has 3 rings (SSSR count). The van der Waals surface area contributed by atoms with Crippen molar-refractivity contribution in [3.63, 3.8) is 0 Å². The van der Waals surface area contributed by atoms with Crippen LogP contribution in [0.5, 0.6) is 0 Å². The predicted octanol–water partition coefficient (Wildman–Crippen LogP) is 0.959. The second-order valence-corrected chi connectivity index (χ2v) is 8.88. The molecule has 0 radical (unpaired) electrons. The van der Waals surface area contributed by atoms with Crippen LogP contribution in [-0.2, 0) is 16.1 Å². The summed E-state index contributed by atoms with van der Waals surface area (Å²) in [4.78, 5) is 39.1.